The standard InChI is InChI=1S/C17H19N3O4/c18-12-3-1-11(2-4-12)9-15(20)17(22)23-10-16(21)24-14-7-5-13(19)6-8-14/h1-8,15H,9-10,18-20H2. The van der Waals surface area contributed by atoms with Gasteiger partial charge in [0.1, 0.15) is 11.8 Å². The van der Waals surface area contributed by atoms with Gasteiger partial charge in [-0.15, -0.1) is 0 Å². The van der Waals surface area contributed by atoms with E-state index in [-0.39, 0.29) is 6.42 Å². The van der Waals surface area contributed by atoms with E-state index in [0.717, 1.165) is 5.56 Å². The van der Waals surface area contributed by atoms with Gasteiger partial charge in [0.05, 0.1) is 0 Å². The number of nitrogen functional groups attached to an aromatic ring is 2. The lowest BCUT2D eigenvalue weighted by atomic mass is 10.1. The second kappa shape index (κ2) is 7.98. The van der Waals surface area contributed by atoms with Crippen molar-refractivity contribution >= 4 is 23.3 Å². The molecule has 0 radical (unpaired) electrons. The second-order valence-electron chi connectivity index (χ2n) is 5.20. The van der Waals surface area contributed by atoms with Crippen LogP contribution in [0.2, 0.25) is 0 Å². The van der Waals surface area contributed by atoms with Crippen LogP contribution < -0.4 is 21.9 Å². The number of anilines is 2. The monoisotopic (exact) mass is 329 g/mol. The maximum Gasteiger partial charge on any atom is 0.349 e. The van der Waals surface area contributed by atoms with Crippen LogP contribution in [0.25, 0.3) is 0 Å². The van der Waals surface area contributed by atoms with Crippen LogP contribution in [0.15, 0.2) is 48.5 Å². The maximum absolute atomic E-state index is 11.8. The van der Waals surface area contributed by atoms with Crippen molar-refractivity contribution in [3.8, 4) is 5.75 Å². The molecule has 1 unspecified atom stereocenters. The Morgan fingerprint density at radius 3 is 2.04 bits per heavy atom. The van der Waals surface area contributed by atoms with Crippen molar-refractivity contribution in [1.29, 1.82) is 0 Å². The molecule has 6 N–H and O–H groups in total. The van der Waals surface area contributed by atoms with Gasteiger partial charge in [-0.25, -0.2) is 4.79 Å². The van der Waals surface area contributed by atoms with Gasteiger partial charge in [-0.05, 0) is 48.4 Å². The first kappa shape index (κ1) is 17.3. The van der Waals surface area contributed by atoms with Crippen LogP contribution in [-0.2, 0) is 20.7 Å². The fourth-order valence-electron chi connectivity index (χ4n) is 1.92. The number of nitrogens with two attached hydrogens (primary N) is 3. The molecule has 0 fully saturated rings. The van der Waals surface area contributed by atoms with Crippen molar-refractivity contribution < 1.29 is 19.1 Å². The number of ether oxygens (including phenoxy) is 2. The van der Waals surface area contributed by atoms with Gasteiger partial charge in [-0.3, -0.25) is 4.79 Å². The Labute approximate surface area is 139 Å². The molecule has 2 aromatic carbocycles. The highest BCUT2D eigenvalue weighted by Crippen LogP contribution is 2.13. The van der Waals surface area contributed by atoms with Gasteiger partial charge in [0.25, 0.3) is 0 Å². The zero-order valence-corrected chi connectivity index (χ0v) is 13.0. The summed E-state index contributed by atoms with van der Waals surface area (Å²) in [5.74, 6) is -1.06. The molecule has 0 aliphatic carbocycles. The molecule has 0 aliphatic rings. The number of esters is 2. The van der Waals surface area contributed by atoms with Gasteiger partial charge in [0.15, 0.2) is 6.61 Å². The summed E-state index contributed by atoms with van der Waals surface area (Å²) >= 11 is 0. The van der Waals surface area contributed by atoms with Crippen LogP contribution in [0.5, 0.6) is 5.75 Å². The topological polar surface area (TPSA) is 131 Å². The van der Waals surface area contributed by atoms with Crippen molar-refractivity contribution in [3.05, 3.63) is 54.1 Å². The summed E-state index contributed by atoms with van der Waals surface area (Å²) in [4.78, 5) is 23.5. The number of carbonyl (C=O) groups excluding carboxylic acids is 2. The molecule has 0 saturated carbocycles. The highest BCUT2D eigenvalue weighted by atomic mass is 16.6. The summed E-state index contributed by atoms with van der Waals surface area (Å²) in [5, 5.41) is 0. The van der Waals surface area contributed by atoms with Crippen LogP contribution in [-0.4, -0.2) is 24.6 Å². The quantitative estimate of drug-likeness (QED) is 0.407. The Balaban J connectivity index is 1.77. The van der Waals surface area contributed by atoms with Gasteiger partial charge in [-0.2, -0.15) is 0 Å². The Morgan fingerprint density at radius 2 is 1.46 bits per heavy atom. The Morgan fingerprint density at radius 1 is 0.917 bits per heavy atom. The molecule has 0 spiro atoms. The van der Waals surface area contributed by atoms with E-state index in [9.17, 15) is 9.59 Å². The SMILES string of the molecule is Nc1ccc(CC(N)C(=O)OCC(=O)Oc2ccc(N)cc2)cc1. The molecule has 0 aromatic heterocycles. The minimum atomic E-state index is -0.877. The first-order valence-electron chi connectivity index (χ1n) is 7.27. The molecule has 0 heterocycles. The lowest BCUT2D eigenvalue weighted by molar-refractivity contribution is -0.154. The number of rotatable bonds is 6. The predicted octanol–water partition coefficient (Wildman–Crippen LogP) is 0.870. The third-order valence-electron chi connectivity index (χ3n) is 3.18. The van der Waals surface area contributed by atoms with Gasteiger partial charge in [0, 0.05) is 11.4 Å². The van der Waals surface area contributed by atoms with E-state index in [2.05, 4.69) is 0 Å². The minimum Gasteiger partial charge on any atom is -0.452 e. The molecule has 0 aliphatic heterocycles. The number of carbonyl (C=O) groups is 2. The summed E-state index contributed by atoms with van der Waals surface area (Å²) < 4.78 is 9.87. The van der Waals surface area contributed by atoms with E-state index in [1.165, 1.54) is 0 Å². The highest BCUT2D eigenvalue weighted by Gasteiger charge is 2.17. The predicted molar refractivity (Wildman–Crippen MR) is 90.0 cm³/mol. The van der Waals surface area contributed by atoms with Crippen molar-refractivity contribution in [2.24, 2.45) is 5.73 Å². The van der Waals surface area contributed by atoms with E-state index < -0.39 is 24.6 Å². The number of hydrogen-bond acceptors (Lipinski definition) is 7. The van der Waals surface area contributed by atoms with Gasteiger partial charge >= 0.3 is 11.9 Å². The molecule has 7 nitrogen and oxygen atoms in total. The third-order valence-corrected chi connectivity index (χ3v) is 3.18. The second-order valence-corrected chi connectivity index (χ2v) is 5.20. The fourth-order valence-corrected chi connectivity index (χ4v) is 1.92. The summed E-state index contributed by atoms with van der Waals surface area (Å²) in [6, 6.07) is 12.4. The maximum atomic E-state index is 11.8. The van der Waals surface area contributed by atoms with Crippen LogP contribution in [0.3, 0.4) is 0 Å². The van der Waals surface area contributed by atoms with E-state index in [1.54, 1.807) is 48.5 Å². The molecule has 7 heteroatoms. The summed E-state index contributed by atoms with van der Waals surface area (Å²) in [7, 11) is 0. The zero-order valence-electron chi connectivity index (χ0n) is 13.0. The zero-order chi connectivity index (χ0) is 17.5. The lowest BCUT2D eigenvalue weighted by Gasteiger charge is -2.11. The molecule has 0 bridgehead atoms. The smallest absolute Gasteiger partial charge is 0.349 e. The number of benzene rings is 2. The average molecular weight is 329 g/mol. The van der Waals surface area contributed by atoms with Crippen molar-refractivity contribution in [3.63, 3.8) is 0 Å². The summed E-state index contributed by atoms with van der Waals surface area (Å²) in [6.07, 6.45) is 0.284. The average Bonchev–Trinajstić information content (AvgIpc) is 2.57. The first-order chi connectivity index (χ1) is 11.4. The van der Waals surface area contributed by atoms with Crippen LogP contribution in [0, 0.1) is 0 Å². The molecule has 126 valence electrons. The molecule has 0 amide bonds. The lowest BCUT2D eigenvalue weighted by Crippen LogP contribution is -2.35. The molecular weight excluding hydrogens is 310 g/mol. The van der Waals surface area contributed by atoms with Crippen molar-refractivity contribution in [1.82, 2.24) is 0 Å². The summed E-state index contributed by atoms with van der Waals surface area (Å²) in [5.41, 5.74) is 18.9. The van der Waals surface area contributed by atoms with E-state index in [0.29, 0.717) is 17.1 Å². The van der Waals surface area contributed by atoms with Crippen LogP contribution >= 0.6 is 0 Å². The van der Waals surface area contributed by atoms with Gasteiger partial charge in [0.2, 0.25) is 0 Å². The third kappa shape index (κ3) is 5.29. The molecule has 2 rings (SSSR count). The largest absolute Gasteiger partial charge is 0.452 e. The van der Waals surface area contributed by atoms with Gasteiger partial charge < -0.3 is 26.7 Å². The Hall–Kier alpha value is -3.06. The fraction of sp³-hybridized carbons (Fsp3) is 0.176. The molecule has 0 saturated heterocycles. The van der Waals surface area contributed by atoms with Crippen molar-refractivity contribution in [2.45, 2.75) is 12.5 Å². The normalized spacial score (nSPS) is 11.5. The highest BCUT2D eigenvalue weighted by molar-refractivity contribution is 5.80. The molecule has 1 atom stereocenters. The Kier molecular flexibility index (Phi) is 5.75. The first-order valence-corrected chi connectivity index (χ1v) is 7.27. The van der Waals surface area contributed by atoms with E-state index in [4.69, 9.17) is 26.7 Å². The van der Waals surface area contributed by atoms with Crippen LogP contribution in [0.4, 0.5) is 11.4 Å². The van der Waals surface area contributed by atoms with E-state index in [1.807, 2.05) is 0 Å². The summed E-state index contributed by atoms with van der Waals surface area (Å²) in [6.45, 7) is -0.515. The van der Waals surface area contributed by atoms with Gasteiger partial charge in [-0.1, -0.05) is 12.1 Å². The number of hydrogen-bond donors (Lipinski definition) is 3. The van der Waals surface area contributed by atoms with Crippen molar-refractivity contribution in [2.75, 3.05) is 18.1 Å². The molecule has 2 aromatic rings. The molecule has 24 heavy (non-hydrogen) atoms. The minimum absolute atomic E-state index is 0.284. The van der Waals surface area contributed by atoms with E-state index >= 15 is 0 Å². The molecular formula is C17H19N3O4. The Bertz CT molecular complexity index is 699. The van der Waals surface area contributed by atoms with Crippen LogP contribution in [0.1, 0.15) is 5.56 Å².